The van der Waals surface area contributed by atoms with Crippen LogP contribution >= 0.6 is 12.8 Å². The molecule has 0 aromatic heterocycles. The van der Waals surface area contributed by atoms with Crippen LogP contribution in [-0.4, -0.2) is 17.4 Å². The lowest BCUT2D eigenvalue weighted by atomic mass is 10.1. The van der Waals surface area contributed by atoms with Crippen LogP contribution in [0.4, 0.5) is 0 Å². The van der Waals surface area contributed by atoms with Crippen molar-refractivity contribution in [1.82, 2.24) is 4.31 Å². The van der Waals surface area contributed by atoms with Crippen LogP contribution in [0.5, 0.6) is 0 Å². The van der Waals surface area contributed by atoms with Crippen LogP contribution in [0, 0.1) is 0 Å². The maximum absolute atomic E-state index is 4.26. The lowest BCUT2D eigenvalue weighted by Crippen LogP contribution is -2.21. The van der Waals surface area contributed by atoms with Gasteiger partial charge in [0.2, 0.25) is 0 Å². The summed E-state index contributed by atoms with van der Waals surface area (Å²) in [5, 5.41) is 0. The first-order valence-electron chi connectivity index (χ1n) is 3.29. The molecule has 2 heteroatoms. The summed E-state index contributed by atoms with van der Waals surface area (Å²) in [7, 11) is 0. The number of thiol groups is 1. The average molecular weight is 143 g/mol. The van der Waals surface area contributed by atoms with Crippen LogP contribution in [0.25, 0.3) is 0 Å². The molecule has 0 bridgehead atoms. The van der Waals surface area contributed by atoms with E-state index in [-0.39, 0.29) is 0 Å². The molecule has 0 saturated carbocycles. The van der Waals surface area contributed by atoms with Gasteiger partial charge in [-0.3, -0.25) is 0 Å². The van der Waals surface area contributed by atoms with Crippen molar-refractivity contribution in [2.75, 3.05) is 13.1 Å². The molecule has 1 aliphatic heterocycles. The van der Waals surface area contributed by atoms with Crippen molar-refractivity contribution in [3.05, 3.63) is 11.1 Å². The Bertz CT molecular complexity index is 140. The van der Waals surface area contributed by atoms with Crippen molar-refractivity contribution in [1.29, 1.82) is 0 Å². The molecule has 0 unspecified atom stereocenters. The minimum atomic E-state index is 1.04. The highest BCUT2D eigenvalue weighted by atomic mass is 32.1. The van der Waals surface area contributed by atoms with Gasteiger partial charge in [-0.1, -0.05) is 24.0 Å². The van der Waals surface area contributed by atoms with E-state index in [1.54, 1.807) is 5.57 Å². The van der Waals surface area contributed by atoms with Gasteiger partial charge in [-0.2, -0.15) is 0 Å². The molecular weight excluding hydrogens is 130 g/mol. The number of hydrogen-bond acceptors (Lipinski definition) is 2. The zero-order chi connectivity index (χ0) is 6.85. The minimum absolute atomic E-state index is 1.04. The second-order valence-electron chi connectivity index (χ2n) is 2.70. The molecule has 0 radical (unpaired) electrons. The molecule has 0 atom stereocenters. The Morgan fingerprint density at radius 2 is 2.00 bits per heavy atom. The fraction of sp³-hybridized carbons (Fsp3) is 0.714. The zero-order valence-electron chi connectivity index (χ0n) is 6.02. The van der Waals surface area contributed by atoms with Gasteiger partial charge in [-0.25, -0.2) is 4.31 Å². The summed E-state index contributed by atoms with van der Waals surface area (Å²) in [6.45, 7) is 6.52. The molecule has 9 heavy (non-hydrogen) atoms. The summed E-state index contributed by atoms with van der Waals surface area (Å²) in [4.78, 5) is 0. The van der Waals surface area contributed by atoms with Crippen molar-refractivity contribution >= 4 is 12.8 Å². The normalized spacial score (nSPS) is 23.0. The Kier molecular flexibility index (Phi) is 2.19. The van der Waals surface area contributed by atoms with Gasteiger partial charge in [-0.15, -0.1) is 0 Å². The van der Waals surface area contributed by atoms with Crippen molar-refractivity contribution in [3.63, 3.8) is 0 Å². The topological polar surface area (TPSA) is 3.24 Å². The highest BCUT2D eigenvalue weighted by Gasteiger charge is 2.08. The van der Waals surface area contributed by atoms with Crippen LogP contribution in [0.15, 0.2) is 11.1 Å². The van der Waals surface area contributed by atoms with E-state index in [0.717, 1.165) is 13.1 Å². The second-order valence-corrected chi connectivity index (χ2v) is 3.26. The molecule has 0 spiro atoms. The fourth-order valence-corrected chi connectivity index (χ4v) is 1.31. The number of hydrogen-bond donors (Lipinski definition) is 1. The molecule has 1 nitrogen and oxygen atoms in total. The van der Waals surface area contributed by atoms with E-state index in [1.165, 1.54) is 12.0 Å². The predicted molar refractivity (Wildman–Crippen MR) is 43.6 cm³/mol. The Morgan fingerprint density at radius 1 is 1.33 bits per heavy atom. The van der Waals surface area contributed by atoms with Gasteiger partial charge in [0.05, 0.1) is 0 Å². The van der Waals surface area contributed by atoms with E-state index in [9.17, 15) is 0 Å². The van der Waals surface area contributed by atoms with E-state index in [4.69, 9.17) is 0 Å². The van der Waals surface area contributed by atoms with E-state index in [2.05, 4.69) is 31.0 Å². The van der Waals surface area contributed by atoms with Crippen molar-refractivity contribution in [2.45, 2.75) is 20.3 Å². The van der Waals surface area contributed by atoms with Gasteiger partial charge in [0.1, 0.15) is 0 Å². The third kappa shape index (κ3) is 1.73. The molecule has 0 aromatic carbocycles. The summed E-state index contributed by atoms with van der Waals surface area (Å²) < 4.78 is 2.06. The lowest BCUT2D eigenvalue weighted by molar-refractivity contribution is 0.488. The largest absolute Gasteiger partial charge is 0.249 e. The van der Waals surface area contributed by atoms with E-state index < -0.39 is 0 Å². The zero-order valence-corrected chi connectivity index (χ0v) is 6.91. The molecular formula is C7H13NS. The SMILES string of the molecule is CC1=C(C)CN(S)CC1. The van der Waals surface area contributed by atoms with E-state index >= 15 is 0 Å². The van der Waals surface area contributed by atoms with Crippen molar-refractivity contribution < 1.29 is 0 Å². The molecule has 0 saturated heterocycles. The van der Waals surface area contributed by atoms with Crippen LogP contribution < -0.4 is 0 Å². The monoisotopic (exact) mass is 143 g/mol. The van der Waals surface area contributed by atoms with Crippen LogP contribution in [0.2, 0.25) is 0 Å². The third-order valence-corrected chi connectivity index (χ3v) is 2.23. The first kappa shape index (κ1) is 7.16. The minimum Gasteiger partial charge on any atom is -0.249 e. The first-order chi connectivity index (χ1) is 4.20. The lowest BCUT2D eigenvalue weighted by Gasteiger charge is -2.22. The van der Waals surface area contributed by atoms with Gasteiger partial charge >= 0.3 is 0 Å². The first-order valence-corrected chi connectivity index (χ1v) is 3.69. The standard InChI is InChI=1S/C7H13NS/c1-6-3-4-8(9)5-7(6)2/h9H,3-5H2,1-2H3. The van der Waals surface area contributed by atoms with Crippen molar-refractivity contribution in [2.24, 2.45) is 0 Å². The summed E-state index contributed by atoms with van der Waals surface area (Å²) in [5.41, 5.74) is 3.02. The van der Waals surface area contributed by atoms with Gasteiger partial charge in [0.25, 0.3) is 0 Å². The molecule has 0 fully saturated rings. The van der Waals surface area contributed by atoms with Gasteiger partial charge in [0.15, 0.2) is 0 Å². The van der Waals surface area contributed by atoms with Gasteiger partial charge in [0, 0.05) is 13.1 Å². The maximum Gasteiger partial charge on any atom is 0.0297 e. The summed E-state index contributed by atoms with van der Waals surface area (Å²) in [6, 6.07) is 0. The number of nitrogens with zero attached hydrogens (tertiary/aromatic N) is 1. The summed E-state index contributed by atoms with van der Waals surface area (Å²) >= 11 is 4.26. The Hall–Kier alpha value is 0.0500. The Balaban J connectivity index is 2.61. The Morgan fingerprint density at radius 3 is 2.44 bits per heavy atom. The van der Waals surface area contributed by atoms with Gasteiger partial charge < -0.3 is 0 Å². The third-order valence-electron chi connectivity index (χ3n) is 1.89. The molecule has 0 amide bonds. The molecule has 1 heterocycles. The molecule has 1 aliphatic rings. The quantitative estimate of drug-likeness (QED) is 0.400. The summed E-state index contributed by atoms with van der Waals surface area (Å²) in [5.74, 6) is 0. The maximum atomic E-state index is 4.26. The predicted octanol–water partition coefficient (Wildman–Crippen LogP) is 1.87. The number of rotatable bonds is 0. The van der Waals surface area contributed by atoms with Crippen LogP contribution in [0.3, 0.4) is 0 Å². The fourth-order valence-electron chi connectivity index (χ4n) is 0.998. The van der Waals surface area contributed by atoms with Crippen molar-refractivity contribution in [3.8, 4) is 0 Å². The molecule has 52 valence electrons. The van der Waals surface area contributed by atoms with Gasteiger partial charge in [-0.05, 0) is 20.3 Å². The molecule has 0 N–H and O–H groups in total. The molecule has 1 rings (SSSR count). The smallest absolute Gasteiger partial charge is 0.0297 e. The second kappa shape index (κ2) is 2.76. The highest BCUT2D eigenvalue weighted by molar-refractivity contribution is 7.77. The van der Waals surface area contributed by atoms with E-state index in [1.807, 2.05) is 0 Å². The van der Waals surface area contributed by atoms with Crippen LogP contribution in [0.1, 0.15) is 20.3 Å². The summed E-state index contributed by atoms with van der Waals surface area (Å²) in [6.07, 6.45) is 1.19. The highest BCUT2D eigenvalue weighted by Crippen LogP contribution is 2.17. The molecule has 0 aromatic rings. The average Bonchev–Trinajstić information content (AvgIpc) is 1.80. The molecule has 0 aliphatic carbocycles. The van der Waals surface area contributed by atoms with E-state index in [0.29, 0.717) is 0 Å². The van der Waals surface area contributed by atoms with Crippen LogP contribution in [-0.2, 0) is 0 Å². The Labute approximate surface area is 62.3 Å².